The molecule has 2 aromatic rings. The molecule has 0 spiro atoms. The van der Waals surface area contributed by atoms with E-state index in [1.54, 1.807) is 11.3 Å². The first-order chi connectivity index (χ1) is 9.78. The zero-order valence-electron chi connectivity index (χ0n) is 12.0. The second-order valence-corrected chi connectivity index (χ2v) is 6.23. The van der Waals surface area contributed by atoms with Crippen LogP contribution in [0.5, 0.6) is 5.75 Å². The Kier molecular flexibility index (Phi) is 4.03. The first kappa shape index (κ1) is 13.6. The minimum atomic E-state index is 0.374. The van der Waals surface area contributed by atoms with Crippen molar-refractivity contribution in [1.82, 2.24) is 10.3 Å². The first-order valence-corrected chi connectivity index (χ1v) is 8.04. The number of aromatic nitrogens is 1. The van der Waals surface area contributed by atoms with Crippen LogP contribution in [0.1, 0.15) is 36.8 Å². The fourth-order valence-electron chi connectivity index (χ4n) is 2.40. The van der Waals surface area contributed by atoms with Crippen molar-refractivity contribution in [2.45, 2.75) is 32.7 Å². The zero-order chi connectivity index (χ0) is 13.9. The quantitative estimate of drug-likeness (QED) is 0.908. The fraction of sp³-hybridized carbons (Fsp3) is 0.438. The average molecular weight is 288 g/mol. The van der Waals surface area contributed by atoms with E-state index in [4.69, 9.17) is 4.74 Å². The van der Waals surface area contributed by atoms with Crippen LogP contribution >= 0.6 is 11.3 Å². The molecule has 0 amide bonds. The Labute approximate surface area is 124 Å². The third-order valence-electron chi connectivity index (χ3n) is 3.59. The molecule has 1 aromatic heterocycles. The molecule has 3 nitrogen and oxygen atoms in total. The lowest BCUT2D eigenvalue weighted by molar-refractivity contribution is 0.357. The highest BCUT2D eigenvalue weighted by Crippen LogP contribution is 2.33. The van der Waals surface area contributed by atoms with Gasteiger partial charge in [-0.25, -0.2) is 4.98 Å². The van der Waals surface area contributed by atoms with E-state index in [1.807, 2.05) is 6.20 Å². The van der Waals surface area contributed by atoms with Crippen LogP contribution in [-0.4, -0.2) is 18.1 Å². The van der Waals surface area contributed by atoms with Gasteiger partial charge in [0, 0.05) is 29.1 Å². The lowest BCUT2D eigenvalue weighted by Gasteiger charge is -2.09. The topological polar surface area (TPSA) is 34.2 Å². The maximum atomic E-state index is 5.55. The van der Waals surface area contributed by atoms with E-state index in [2.05, 4.69) is 42.3 Å². The Balaban J connectivity index is 1.79. The van der Waals surface area contributed by atoms with Crippen LogP contribution in [0.2, 0.25) is 0 Å². The second-order valence-electron chi connectivity index (χ2n) is 5.16. The van der Waals surface area contributed by atoms with E-state index in [9.17, 15) is 0 Å². The third-order valence-corrected chi connectivity index (χ3v) is 4.82. The van der Waals surface area contributed by atoms with E-state index >= 15 is 0 Å². The van der Waals surface area contributed by atoms with Crippen molar-refractivity contribution < 1.29 is 4.74 Å². The Morgan fingerprint density at radius 3 is 3.20 bits per heavy atom. The molecule has 20 heavy (non-hydrogen) atoms. The van der Waals surface area contributed by atoms with Crippen LogP contribution in [0, 0.1) is 0 Å². The van der Waals surface area contributed by atoms with Crippen LogP contribution in [-0.2, 0) is 6.42 Å². The average Bonchev–Trinajstić information content (AvgIpc) is 3.12. The molecule has 0 aliphatic carbocycles. The number of nitrogens with zero attached hydrogens (tertiary/aromatic N) is 1. The largest absolute Gasteiger partial charge is 0.493 e. The van der Waals surface area contributed by atoms with Gasteiger partial charge in [-0.05, 0) is 43.7 Å². The molecule has 0 bridgehead atoms. The summed E-state index contributed by atoms with van der Waals surface area (Å²) in [5, 5.41) is 4.60. The highest BCUT2D eigenvalue weighted by atomic mass is 32.1. The van der Waals surface area contributed by atoms with E-state index < -0.39 is 0 Å². The molecule has 3 rings (SSSR count). The molecule has 1 aromatic carbocycles. The van der Waals surface area contributed by atoms with E-state index in [0.29, 0.717) is 6.04 Å². The van der Waals surface area contributed by atoms with Gasteiger partial charge < -0.3 is 10.1 Å². The second kappa shape index (κ2) is 5.94. The van der Waals surface area contributed by atoms with E-state index in [-0.39, 0.29) is 0 Å². The molecule has 2 heterocycles. The van der Waals surface area contributed by atoms with Crippen LogP contribution < -0.4 is 10.1 Å². The van der Waals surface area contributed by atoms with Crippen LogP contribution in [0.4, 0.5) is 0 Å². The number of ether oxygens (including phenoxy) is 1. The molecule has 0 fully saturated rings. The van der Waals surface area contributed by atoms with Crippen molar-refractivity contribution in [2.24, 2.45) is 0 Å². The standard InChI is InChI=1S/C16H20N2OS/c1-3-7-17-11(2)15-10-18-16(20-15)13-4-5-14-12(9-13)6-8-19-14/h4-5,9-11,17H,3,6-8H2,1-2H3. The Bertz CT molecular complexity index is 594. The van der Waals surface area contributed by atoms with Gasteiger partial charge in [0.15, 0.2) is 0 Å². The number of hydrogen-bond acceptors (Lipinski definition) is 4. The number of hydrogen-bond donors (Lipinski definition) is 1. The molecule has 0 saturated carbocycles. The molecular weight excluding hydrogens is 268 g/mol. The number of nitrogens with one attached hydrogen (secondary N) is 1. The minimum Gasteiger partial charge on any atom is -0.493 e. The van der Waals surface area contributed by atoms with Gasteiger partial charge in [-0.2, -0.15) is 0 Å². The molecule has 1 aliphatic heterocycles. The molecule has 1 unspecified atom stereocenters. The summed E-state index contributed by atoms with van der Waals surface area (Å²) in [5.41, 5.74) is 2.50. The Morgan fingerprint density at radius 2 is 2.35 bits per heavy atom. The molecule has 1 atom stereocenters. The van der Waals surface area contributed by atoms with Crippen LogP contribution in [0.15, 0.2) is 24.4 Å². The van der Waals surface area contributed by atoms with Crippen molar-refractivity contribution in [3.63, 3.8) is 0 Å². The maximum Gasteiger partial charge on any atom is 0.123 e. The predicted octanol–water partition coefficient (Wildman–Crippen LogP) is 3.81. The summed E-state index contributed by atoms with van der Waals surface area (Å²) < 4.78 is 5.55. The van der Waals surface area contributed by atoms with Gasteiger partial charge in [-0.1, -0.05) is 6.92 Å². The summed E-state index contributed by atoms with van der Waals surface area (Å²) in [6.45, 7) is 6.23. The molecule has 106 valence electrons. The van der Waals surface area contributed by atoms with Crippen molar-refractivity contribution in [3.05, 3.63) is 34.8 Å². The lowest BCUT2D eigenvalue weighted by atomic mass is 10.1. The summed E-state index contributed by atoms with van der Waals surface area (Å²) in [6.07, 6.45) is 4.16. The smallest absolute Gasteiger partial charge is 0.123 e. The molecular formula is C16H20N2OS. The van der Waals surface area contributed by atoms with Gasteiger partial charge in [0.2, 0.25) is 0 Å². The summed E-state index contributed by atoms with van der Waals surface area (Å²) in [4.78, 5) is 5.88. The number of benzene rings is 1. The Hall–Kier alpha value is -1.39. The fourth-order valence-corrected chi connectivity index (χ4v) is 3.34. The summed E-state index contributed by atoms with van der Waals surface area (Å²) >= 11 is 1.78. The molecule has 0 saturated heterocycles. The van der Waals surface area contributed by atoms with Gasteiger partial charge in [0.25, 0.3) is 0 Å². The Morgan fingerprint density at radius 1 is 1.45 bits per heavy atom. The maximum absolute atomic E-state index is 5.55. The number of fused-ring (bicyclic) bond motifs is 1. The first-order valence-electron chi connectivity index (χ1n) is 7.23. The predicted molar refractivity (Wildman–Crippen MR) is 83.5 cm³/mol. The summed E-state index contributed by atoms with van der Waals surface area (Å²) in [7, 11) is 0. The van der Waals surface area contributed by atoms with Crippen LogP contribution in [0.3, 0.4) is 0 Å². The van der Waals surface area contributed by atoms with Crippen molar-refractivity contribution in [3.8, 4) is 16.3 Å². The lowest BCUT2D eigenvalue weighted by Crippen LogP contribution is -2.18. The summed E-state index contributed by atoms with van der Waals surface area (Å²) in [6, 6.07) is 6.77. The number of rotatable bonds is 5. The molecule has 4 heteroatoms. The number of thiazole rings is 1. The monoisotopic (exact) mass is 288 g/mol. The zero-order valence-corrected chi connectivity index (χ0v) is 12.8. The van der Waals surface area contributed by atoms with E-state index in [0.717, 1.165) is 36.8 Å². The van der Waals surface area contributed by atoms with Gasteiger partial charge in [0.1, 0.15) is 10.8 Å². The molecule has 1 aliphatic rings. The highest BCUT2D eigenvalue weighted by molar-refractivity contribution is 7.15. The summed E-state index contributed by atoms with van der Waals surface area (Å²) in [5.74, 6) is 1.03. The highest BCUT2D eigenvalue weighted by Gasteiger charge is 2.15. The van der Waals surface area contributed by atoms with Gasteiger partial charge >= 0.3 is 0 Å². The molecule has 0 radical (unpaired) electrons. The SMILES string of the molecule is CCCNC(C)c1cnc(-c2ccc3c(c2)CCO3)s1. The third kappa shape index (κ3) is 2.72. The van der Waals surface area contributed by atoms with Gasteiger partial charge in [-0.3, -0.25) is 0 Å². The minimum absolute atomic E-state index is 0.374. The molecule has 1 N–H and O–H groups in total. The van der Waals surface area contributed by atoms with Crippen molar-refractivity contribution in [1.29, 1.82) is 0 Å². The van der Waals surface area contributed by atoms with Gasteiger partial charge in [0.05, 0.1) is 6.61 Å². The van der Waals surface area contributed by atoms with Crippen LogP contribution in [0.25, 0.3) is 10.6 Å². The van der Waals surface area contributed by atoms with Gasteiger partial charge in [-0.15, -0.1) is 11.3 Å². The van der Waals surface area contributed by atoms with E-state index in [1.165, 1.54) is 16.0 Å². The van der Waals surface area contributed by atoms with Crippen molar-refractivity contribution in [2.75, 3.05) is 13.2 Å². The normalized spacial score (nSPS) is 14.9. The van der Waals surface area contributed by atoms with Crippen molar-refractivity contribution >= 4 is 11.3 Å².